The van der Waals surface area contributed by atoms with E-state index in [0.717, 1.165) is 31.5 Å². The van der Waals surface area contributed by atoms with Crippen molar-refractivity contribution in [2.75, 3.05) is 25.6 Å². The maximum atomic E-state index is 12.3. The first-order valence-electron chi connectivity index (χ1n) is 8.07. The molecule has 126 valence electrons. The molecule has 24 heavy (non-hydrogen) atoms. The van der Waals surface area contributed by atoms with Crippen LogP contribution in [0.25, 0.3) is 0 Å². The molecule has 0 aromatic carbocycles. The first-order valence-corrected chi connectivity index (χ1v) is 8.07. The molecule has 1 amide bonds. The van der Waals surface area contributed by atoms with Crippen LogP contribution in [0.2, 0.25) is 0 Å². The van der Waals surface area contributed by atoms with Crippen LogP contribution in [0.1, 0.15) is 31.0 Å². The lowest BCUT2D eigenvalue weighted by atomic mass is 9.99. The number of hydrogen-bond donors (Lipinski definition) is 1. The number of aromatic nitrogens is 3. The van der Waals surface area contributed by atoms with E-state index in [1.54, 1.807) is 12.4 Å². The quantitative estimate of drug-likeness (QED) is 0.908. The minimum Gasteiger partial charge on any atom is -0.375 e. The summed E-state index contributed by atoms with van der Waals surface area (Å²) in [5.41, 5.74) is 0.840. The third kappa shape index (κ3) is 3.86. The molecule has 7 nitrogen and oxygen atoms in total. The fourth-order valence-electron chi connectivity index (χ4n) is 2.91. The van der Waals surface area contributed by atoms with Crippen molar-refractivity contribution in [2.24, 2.45) is 0 Å². The van der Waals surface area contributed by atoms with E-state index < -0.39 is 0 Å². The topological polar surface area (TPSA) is 80.2 Å². The van der Waals surface area contributed by atoms with Gasteiger partial charge in [-0.05, 0) is 37.5 Å². The summed E-state index contributed by atoms with van der Waals surface area (Å²) in [5.74, 6) is 1.17. The largest absolute Gasteiger partial charge is 0.375 e. The van der Waals surface area contributed by atoms with Crippen LogP contribution in [-0.2, 0) is 9.53 Å². The summed E-state index contributed by atoms with van der Waals surface area (Å²) in [6.45, 7) is 0.834. The number of rotatable bonds is 5. The number of anilines is 2. The summed E-state index contributed by atoms with van der Waals surface area (Å²) in [6, 6.07) is 7.43. The van der Waals surface area contributed by atoms with E-state index in [1.165, 1.54) is 7.11 Å². The molecular weight excluding hydrogens is 306 g/mol. The second-order valence-corrected chi connectivity index (χ2v) is 5.68. The SMILES string of the molecule is COCC(=O)N1CCCC[C@H]1c1ccnc(Nc2ccccn2)n1. The van der Waals surface area contributed by atoms with Crippen LogP contribution in [0.3, 0.4) is 0 Å². The molecule has 1 fully saturated rings. The molecule has 2 aromatic rings. The van der Waals surface area contributed by atoms with Gasteiger partial charge in [0.05, 0.1) is 11.7 Å². The second kappa shape index (κ2) is 7.83. The van der Waals surface area contributed by atoms with Gasteiger partial charge in [-0.2, -0.15) is 0 Å². The fourth-order valence-corrected chi connectivity index (χ4v) is 2.91. The van der Waals surface area contributed by atoms with E-state index in [0.29, 0.717) is 11.8 Å². The molecule has 3 heterocycles. The van der Waals surface area contributed by atoms with Crippen molar-refractivity contribution >= 4 is 17.7 Å². The summed E-state index contributed by atoms with van der Waals surface area (Å²) in [6.07, 6.45) is 6.40. The minimum absolute atomic E-state index is 0.0000440. The predicted molar refractivity (Wildman–Crippen MR) is 89.7 cm³/mol. The van der Waals surface area contributed by atoms with Crippen molar-refractivity contribution in [3.05, 3.63) is 42.4 Å². The normalized spacial score (nSPS) is 17.5. The number of amides is 1. The van der Waals surface area contributed by atoms with E-state index in [9.17, 15) is 4.79 Å². The van der Waals surface area contributed by atoms with Crippen molar-refractivity contribution in [3.63, 3.8) is 0 Å². The van der Waals surface area contributed by atoms with Gasteiger partial charge >= 0.3 is 0 Å². The van der Waals surface area contributed by atoms with Gasteiger partial charge in [-0.25, -0.2) is 15.0 Å². The van der Waals surface area contributed by atoms with Crippen molar-refractivity contribution in [2.45, 2.75) is 25.3 Å². The Balaban J connectivity index is 1.79. The van der Waals surface area contributed by atoms with Crippen LogP contribution >= 0.6 is 0 Å². The standard InChI is InChI=1S/C17H21N5O2/c1-24-12-16(23)22-11-5-3-6-14(22)13-8-10-19-17(20-13)21-15-7-2-4-9-18-15/h2,4,7-10,14H,3,5-6,11-12H2,1H3,(H,18,19,20,21)/t14-/m0/s1. The van der Waals surface area contributed by atoms with Gasteiger partial charge in [0.25, 0.3) is 0 Å². The highest BCUT2D eigenvalue weighted by Gasteiger charge is 2.29. The molecule has 2 aromatic heterocycles. The average molecular weight is 327 g/mol. The molecule has 1 saturated heterocycles. The van der Waals surface area contributed by atoms with Crippen LogP contribution in [0.5, 0.6) is 0 Å². The fraction of sp³-hybridized carbons (Fsp3) is 0.412. The Kier molecular flexibility index (Phi) is 5.32. The van der Waals surface area contributed by atoms with Gasteiger partial charge in [-0.15, -0.1) is 0 Å². The molecule has 3 rings (SSSR count). The summed E-state index contributed by atoms with van der Waals surface area (Å²) in [7, 11) is 1.54. The minimum atomic E-state index is -0.0336. The number of carbonyl (C=O) groups is 1. The molecule has 7 heteroatoms. The van der Waals surface area contributed by atoms with Crippen LogP contribution in [0.4, 0.5) is 11.8 Å². The number of nitrogens with zero attached hydrogens (tertiary/aromatic N) is 4. The van der Waals surface area contributed by atoms with Crippen LogP contribution in [-0.4, -0.2) is 46.0 Å². The molecule has 1 atom stereocenters. The third-order valence-corrected chi connectivity index (χ3v) is 4.01. The lowest BCUT2D eigenvalue weighted by Crippen LogP contribution is -2.40. The van der Waals surface area contributed by atoms with Crippen molar-refractivity contribution in [1.29, 1.82) is 0 Å². The van der Waals surface area contributed by atoms with E-state index in [-0.39, 0.29) is 18.6 Å². The van der Waals surface area contributed by atoms with Crippen molar-refractivity contribution in [1.82, 2.24) is 19.9 Å². The van der Waals surface area contributed by atoms with Gasteiger partial charge in [0, 0.05) is 26.0 Å². The summed E-state index contributed by atoms with van der Waals surface area (Å²) in [4.78, 5) is 27.2. The third-order valence-electron chi connectivity index (χ3n) is 4.01. The smallest absolute Gasteiger partial charge is 0.249 e. The number of carbonyl (C=O) groups excluding carboxylic acids is 1. The molecule has 1 aliphatic rings. The number of pyridine rings is 1. The zero-order chi connectivity index (χ0) is 16.8. The Labute approximate surface area is 141 Å². The zero-order valence-electron chi connectivity index (χ0n) is 13.7. The maximum absolute atomic E-state index is 12.3. The van der Waals surface area contributed by atoms with Gasteiger partial charge in [0.1, 0.15) is 12.4 Å². The lowest BCUT2D eigenvalue weighted by molar-refractivity contribution is -0.139. The monoisotopic (exact) mass is 327 g/mol. The Morgan fingerprint density at radius 1 is 1.29 bits per heavy atom. The molecule has 1 aliphatic heterocycles. The van der Waals surface area contributed by atoms with E-state index >= 15 is 0 Å². The van der Waals surface area contributed by atoms with Gasteiger partial charge < -0.3 is 15.0 Å². The number of likely N-dealkylation sites (tertiary alicyclic amines) is 1. The van der Waals surface area contributed by atoms with Crippen LogP contribution < -0.4 is 5.32 Å². The predicted octanol–water partition coefficient (Wildman–Crippen LogP) is 2.32. The molecule has 0 spiro atoms. The number of nitrogens with one attached hydrogen (secondary N) is 1. The molecule has 0 saturated carbocycles. The van der Waals surface area contributed by atoms with Gasteiger partial charge in [-0.1, -0.05) is 6.07 Å². The lowest BCUT2D eigenvalue weighted by Gasteiger charge is -2.35. The Hall–Kier alpha value is -2.54. The number of methoxy groups -OCH3 is 1. The Morgan fingerprint density at radius 2 is 2.21 bits per heavy atom. The zero-order valence-corrected chi connectivity index (χ0v) is 13.7. The molecule has 0 bridgehead atoms. The van der Waals surface area contributed by atoms with Crippen LogP contribution in [0.15, 0.2) is 36.7 Å². The highest BCUT2D eigenvalue weighted by molar-refractivity contribution is 5.78. The average Bonchev–Trinajstić information content (AvgIpc) is 2.63. The van der Waals surface area contributed by atoms with Crippen molar-refractivity contribution < 1.29 is 9.53 Å². The van der Waals surface area contributed by atoms with E-state index in [2.05, 4.69) is 20.3 Å². The second-order valence-electron chi connectivity index (χ2n) is 5.68. The summed E-state index contributed by atoms with van der Waals surface area (Å²) >= 11 is 0. The van der Waals surface area contributed by atoms with E-state index in [4.69, 9.17) is 4.74 Å². The molecule has 0 unspecified atom stereocenters. The number of hydrogen-bond acceptors (Lipinski definition) is 6. The first kappa shape index (κ1) is 16.3. The summed E-state index contributed by atoms with van der Waals surface area (Å²) in [5, 5.41) is 3.09. The maximum Gasteiger partial charge on any atom is 0.249 e. The van der Waals surface area contributed by atoms with E-state index in [1.807, 2.05) is 29.2 Å². The van der Waals surface area contributed by atoms with Gasteiger partial charge in [0.15, 0.2) is 0 Å². The highest BCUT2D eigenvalue weighted by atomic mass is 16.5. The summed E-state index contributed by atoms with van der Waals surface area (Å²) < 4.78 is 5.00. The van der Waals surface area contributed by atoms with Crippen LogP contribution in [0, 0.1) is 0 Å². The number of piperidine rings is 1. The highest BCUT2D eigenvalue weighted by Crippen LogP contribution is 2.30. The first-order chi connectivity index (χ1) is 11.8. The molecule has 1 N–H and O–H groups in total. The van der Waals surface area contributed by atoms with Crippen molar-refractivity contribution in [3.8, 4) is 0 Å². The van der Waals surface area contributed by atoms with Gasteiger partial charge in [-0.3, -0.25) is 4.79 Å². The molecular formula is C17H21N5O2. The van der Waals surface area contributed by atoms with Gasteiger partial charge in [0.2, 0.25) is 11.9 Å². The number of ether oxygens (including phenoxy) is 1. The Morgan fingerprint density at radius 3 is 3.00 bits per heavy atom. The molecule has 0 radical (unpaired) electrons. The Bertz CT molecular complexity index is 680. The molecule has 0 aliphatic carbocycles.